The average Bonchev–Trinajstić information content (AvgIpc) is 2.92. The summed E-state index contributed by atoms with van der Waals surface area (Å²) in [6.45, 7) is 5.91. The van der Waals surface area contributed by atoms with E-state index in [1.54, 1.807) is 4.68 Å². The molecule has 0 bridgehead atoms. The van der Waals surface area contributed by atoms with Gasteiger partial charge < -0.3 is 0 Å². The molecule has 0 fully saturated rings. The van der Waals surface area contributed by atoms with Crippen molar-refractivity contribution in [2.45, 2.75) is 36.4 Å². The maximum atomic E-state index is 12.2. The summed E-state index contributed by atoms with van der Waals surface area (Å²) < 4.78 is 24.5. The van der Waals surface area contributed by atoms with Gasteiger partial charge >= 0.3 is 0 Å². The van der Waals surface area contributed by atoms with Crippen molar-refractivity contribution in [2.75, 3.05) is 12.0 Å². The average molecular weight is 354 g/mol. The van der Waals surface area contributed by atoms with Gasteiger partial charge in [-0.05, 0) is 43.3 Å². The van der Waals surface area contributed by atoms with E-state index < -0.39 is 9.84 Å². The minimum Gasteiger partial charge on any atom is -0.293 e. The molecule has 0 amide bonds. The van der Waals surface area contributed by atoms with E-state index in [9.17, 15) is 13.2 Å². The number of hydrogen-bond acceptors (Lipinski definition) is 7. The fraction of sp³-hybridized carbons (Fsp3) is 0.429. The maximum absolute atomic E-state index is 12.2. The quantitative estimate of drug-likeness (QED) is 0.597. The van der Waals surface area contributed by atoms with Crippen LogP contribution < -0.4 is 0 Å². The van der Waals surface area contributed by atoms with Crippen LogP contribution in [0.5, 0.6) is 0 Å². The number of hydrogen-bond donors (Lipinski definition) is 0. The third-order valence-electron chi connectivity index (χ3n) is 3.01. The van der Waals surface area contributed by atoms with Crippen LogP contribution in [0.2, 0.25) is 0 Å². The Balaban J connectivity index is 2.08. The third-order valence-corrected chi connectivity index (χ3v) is 5.06. The van der Waals surface area contributed by atoms with E-state index in [4.69, 9.17) is 0 Å². The van der Waals surface area contributed by atoms with Gasteiger partial charge in [-0.1, -0.05) is 23.9 Å². The van der Waals surface area contributed by atoms with E-state index in [0.717, 1.165) is 6.26 Å². The summed E-state index contributed by atoms with van der Waals surface area (Å²) in [5, 5.41) is 12.1. The van der Waals surface area contributed by atoms with Crippen LogP contribution in [0.1, 0.15) is 31.1 Å². The number of benzene rings is 1. The molecule has 0 aliphatic carbocycles. The molecule has 0 radical (unpaired) electrons. The van der Waals surface area contributed by atoms with E-state index in [1.165, 1.54) is 36.0 Å². The lowest BCUT2D eigenvalue weighted by Gasteiger charge is -2.19. The van der Waals surface area contributed by atoms with Gasteiger partial charge in [-0.3, -0.25) is 4.79 Å². The number of carbonyl (C=O) groups is 1. The van der Waals surface area contributed by atoms with Crippen molar-refractivity contribution in [3.63, 3.8) is 0 Å². The van der Waals surface area contributed by atoms with Crippen molar-refractivity contribution in [1.82, 2.24) is 20.2 Å². The number of rotatable bonds is 5. The second-order valence-corrected chi connectivity index (χ2v) is 9.01. The molecule has 0 aliphatic heterocycles. The number of tetrazole rings is 1. The lowest BCUT2D eigenvalue weighted by Crippen LogP contribution is -2.24. The summed E-state index contributed by atoms with van der Waals surface area (Å²) in [6, 6.07) is 5.91. The van der Waals surface area contributed by atoms with Crippen LogP contribution in [0.4, 0.5) is 0 Å². The first-order valence-electron chi connectivity index (χ1n) is 6.84. The van der Waals surface area contributed by atoms with E-state index in [1.807, 2.05) is 20.8 Å². The summed E-state index contributed by atoms with van der Waals surface area (Å²) >= 11 is 1.25. The predicted octanol–water partition coefficient (Wildman–Crippen LogP) is 1.81. The summed E-state index contributed by atoms with van der Waals surface area (Å²) in [5.41, 5.74) is 0.186. The highest BCUT2D eigenvalue weighted by atomic mass is 32.2. The molecule has 23 heavy (non-hydrogen) atoms. The number of sulfone groups is 1. The first kappa shape index (κ1) is 17.6. The van der Waals surface area contributed by atoms with Gasteiger partial charge in [0.15, 0.2) is 15.6 Å². The van der Waals surface area contributed by atoms with Gasteiger partial charge in [-0.25, -0.2) is 13.1 Å². The highest BCUT2D eigenvalue weighted by molar-refractivity contribution is 7.99. The summed E-state index contributed by atoms with van der Waals surface area (Å²) in [5.74, 6) is 0.0628. The van der Waals surface area contributed by atoms with E-state index in [-0.39, 0.29) is 22.0 Å². The zero-order chi connectivity index (χ0) is 17.3. The highest BCUT2D eigenvalue weighted by Crippen LogP contribution is 2.22. The van der Waals surface area contributed by atoms with Crippen LogP contribution in [0.25, 0.3) is 0 Å². The fourth-order valence-corrected chi connectivity index (χ4v) is 3.38. The van der Waals surface area contributed by atoms with E-state index in [0.29, 0.717) is 10.7 Å². The summed E-state index contributed by atoms with van der Waals surface area (Å²) in [7, 11) is -3.26. The normalized spacial score (nSPS) is 12.3. The molecule has 0 unspecified atom stereocenters. The van der Waals surface area contributed by atoms with Gasteiger partial charge in [0.05, 0.1) is 16.2 Å². The van der Waals surface area contributed by atoms with Gasteiger partial charge in [0, 0.05) is 11.8 Å². The van der Waals surface area contributed by atoms with Crippen LogP contribution in [0.15, 0.2) is 34.3 Å². The minimum absolute atomic E-state index is 0.112. The molecule has 0 saturated carbocycles. The fourth-order valence-electron chi connectivity index (χ4n) is 1.79. The van der Waals surface area contributed by atoms with Crippen molar-refractivity contribution in [2.24, 2.45) is 0 Å². The molecule has 0 N–H and O–H groups in total. The Kier molecular flexibility index (Phi) is 4.90. The first-order chi connectivity index (χ1) is 10.6. The number of aromatic nitrogens is 4. The number of nitrogens with zero attached hydrogens (tertiary/aromatic N) is 4. The largest absolute Gasteiger partial charge is 0.293 e. The summed E-state index contributed by atoms with van der Waals surface area (Å²) in [6.07, 6.45) is 1.13. The molecule has 2 aromatic rings. The topological polar surface area (TPSA) is 94.8 Å². The number of thioether (sulfide) groups is 1. The van der Waals surface area contributed by atoms with Crippen LogP contribution in [0, 0.1) is 0 Å². The molecule has 9 heteroatoms. The maximum Gasteiger partial charge on any atom is 0.210 e. The van der Waals surface area contributed by atoms with Crippen molar-refractivity contribution in [3.05, 3.63) is 29.8 Å². The molecule has 0 aliphatic rings. The SMILES string of the molecule is CC(C)(C)n1nnnc1SCC(=O)c1ccc(S(C)(=O)=O)cc1. The van der Waals surface area contributed by atoms with Crippen molar-refractivity contribution in [1.29, 1.82) is 0 Å². The zero-order valence-electron chi connectivity index (χ0n) is 13.3. The molecule has 0 saturated heterocycles. The first-order valence-corrected chi connectivity index (χ1v) is 9.72. The summed E-state index contributed by atoms with van der Waals surface area (Å²) in [4.78, 5) is 12.4. The Morgan fingerprint density at radius 3 is 2.35 bits per heavy atom. The Labute approximate surface area is 139 Å². The van der Waals surface area contributed by atoms with Gasteiger partial charge in [-0.15, -0.1) is 5.10 Å². The highest BCUT2D eigenvalue weighted by Gasteiger charge is 2.21. The van der Waals surface area contributed by atoms with Gasteiger partial charge in [0.2, 0.25) is 5.16 Å². The van der Waals surface area contributed by atoms with Gasteiger partial charge in [0.1, 0.15) is 0 Å². The van der Waals surface area contributed by atoms with Crippen molar-refractivity contribution < 1.29 is 13.2 Å². The van der Waals surface area contributed by atoms with Crippen LogP contribution in [-0.4, -0.2) is 46.4 Å². The minimum atomic E-state index is -3.26. The second-order valence-electron chi connectivity index (χ2n) is 6.05. The number of carbonyl (C=O) groups excluding carboxylic acids is 1. The van der Waals surface area contributed by atoms with Crippen molar-refractivity contribution >= 4 is 27.4 Å². The molecule has 1 aromatic carbocycles. The van der Waals surface area contributed by atoms with E-state index >= 15 is 0 Å². The molecule has 124 valence electrons. The Bertz CT molecular complexity index is 805. The molecule has 1 aromatic heterocycles. The molecular formula is C14H18N4O3S2. The molecule has 7 nitrogen and oxygen atoms in total. The Hall–Kier alpha value is -1.74. The van der Waals surface area contributed by atoms with Crippen LogP contribution >= 0.6 is 11.8 Å². The predicted molar refractivity (Wildman–Crippen MR) is 87.4 cm³/mol. The zero-order valence-corrected chi connectivity index (χ0v) is 15.0. The smallest absolute Gasteiger partial charge is 0.210 e. The van der Waals surface area contributed by atoms with Gasteiger partial charge in [0.25, 0.3) is 0 Å². The van der Waals surface area contributed by atoms with Gasteiger partial charge in [-0.2, -0.15) is 0 Å². The molecule has 2 rings (SSSR count). The number of ketones is 1. The monoisotopic (exact) mass is 354 g/mol. The third kappa shape index (κ3) is 4.38. The van der Waals surface area contributed by atoms with E-state index in [2.05, 4.69) is 15.5 Å². The van der Waals surface area contributed by atoms with Crippen LogP contribution in [-0.2, 0) is 15.4 Å². The van der Waals surface area contributed by atoms with Crippen LogP contribution in [0.3, 0.4) is 0 Å². The Morgan fingerprint density at radius 2 is 1.83 bits per heavy atom. The molecule has 1 heterocycles. The van der Waals surface area contributed by atoms with Crippen molar-refractivity contribution in [3.8, 4) is 0 Å². The lowest BCUT2D eigenvalue weighted by molar-refractivity contribution is 0.102. The molecule has 0 atom stereocenters. The number of Topliss-reactive ketones (excluding diaryl/α,β-unsaturated/α-hetero) is 1. The lowest BCUT2D eigenvalue weighted by atomic mass is 10.1. The molecular weight excluding hydrogens is 336 g/mol. The second kappa shape index (κ2) is 6.40. The Morgan fingerprint density at radius 1 is 1.22 bits per heavy atom. The molecule has 0 spiro atoms. The standard InChI is InChI=1S/C14H18N4O3S2/c1-14(2,3)18-13(15-16-17-18)22-9-12(19)10-5-7-11(8-6-10)23(4,20)21/h5-8H,9H2,1-4H3.